The van der Waals surface area contributed by atoms with Crippen molar-refractivity contribution in [3.63, 3.8) is 0 Å². The Bertz CT molecular complexity index is 289. The topological polar surface area (TPSA) is 69.6 Å². The van der Waals surface area contributed by atoms with Gasteiger partial charge in [0, 0.05) is 24.7 Å². The van der Waals surface area contributed by atoms with E-state index in [0.29, 0.717) is 12.6 Å². The zero-order valence-electron chi connectivity index (χ0n) is 9.48. The second-order valence-electron chi connectivity index (χ2n) is 3.84. The molecule has 1 rings (SSSR count). The first kappa shape index (κ1) is 12.7. The number of hydrogen-bond acceptors (Lipinski definition) is 3. The summed E-state index contributed by atoms with van der Waals surface area (Å²) in [5, 5.41) is 11.1. The van der Waals surface area contributed by atoms with Gasteiger partial charge in [-0.25, -0.2) is 4.79 Å². The zero-order chi connectivity index (χ0) is 12.0. The number of carbonyl (C=O) groups is 2. The number of carboxylic acids is 1. The monoisotopic (exact) mass is 226 g/mol. The summed E-state index contributed by atoms with van der Waals surface area (Å²) in [5.41, 5.74) is 0. The molecule has 2 N–H and O–H groups in total. The van der Waals surface area contributed by atoms with E-state index in [4.69, 9.17) is 5.11 Å². The molecule has 0 aliphatic carbocycles. The van der Waals surface area contributed by atoms with Gasteiger partial charge in [-0.1, -0.05) is 6.92 Å². The summed E-state index contributed by atoms with van der Waals surface area (Å²) in [5.74, 6) is -1.45. The quantitative estimate of drug-likeness (QED) is 0.658. The standard InChI is InChI=1S/C11H18N2O3/c1-2-13-7-3-4-9(13)8-12-10(14)5-6-11(15)16/h5-6,9H,2-4,7-8H2,1H3,(H,12,14)(H,15,16)/b6-5+. The fraction of sp³-hybridized carbons (Fsp3) is 0.636. The molecule has 5 nitrogen and oxygen atoms in total. The Labute approximate surface area is 95.1 Å². The molecule has 1 aliphatic heterocycles. The van der Waals surface area contributed by atoms with Gasteiger partial charge < -0.3 is 10.4 Å². The average molecular weight is 226 g/mol. The molecule has 1 aliphatic rings. The van der Waals surface area contributed by atoms with Crippen LogP contribution in [0.25, 0.3) is 0 Å². The maximum absolute atomic E-state index is 11.2. The molecule has 1 saturated heterocycles. The largest absolute Gasteiger partial charge is 0.478 e. The van der Waals surface area contributed by atoms with Gasteiger partial charge in [0.2, 0.25) is 5.91 Å². The highest BCUT2D eigenvalue weighted by molar-refractivity contribution is 5.93. The third-order valence-corrected chi connectivity index (χ3v) is 2.79. The summed E-state index contributed by atoms with van der Waals surface area (Å²) < 4.78 is 0. The van der Waals surface area contributed by atoms with Gasteiger partial charge in [0.15, 0.2) is 0 Å². The highest BCUT2D eigenvalue weighted by Crippen LogP contribution is 2.15. The van der Waals surface area contributed by atoms with E-state index in [1.54, 1.807) is 0 Å². The number of rotatable bonds is 5. The first-order valence-corrected chi connectivity index (χ1v) is 5.56. The second-order valence-corrected chi connectivity index (χ2v) is 3.84. The summed E-state index contributed by atoms with van der Waals surface area (Å²) in [6.45, 7) is 4.77. The van der Waals surface area contributed by atoms with Crippen molar-refractivity contribution in [2.24, 2.45) is 0 Å². The summed E-state index contributed by atoms with van der Waals surface area (Å²) in [7, 11) is 0. The number of aliphatic carboxylic acids is 1. The van der Waals surface area contributed by atoms with Gasteiger partial charge in [0.1, 0.15) is 0 Å². The highest BCUT2D eigenvalue weighted by Gasteiger charge is 2.22. The van der Waals surface area contributed by atoms with Crippen molar-refractivity contribution < 1.29 is 14.7 Å². The molecule has 16 heavy (non-hydrogen) atoms. The van der Waals surface area contributed by atoms with E-state index < -0.39 is 5.97 Å². The van der Waals surface area contributed by atoms with Crippen LogP contribution in [0.3, 0.4) is 0 Å². The first-order chi connectivity index (χ1) is 7.63. The lowest BCUT2D eigenvalue weighted by Gasteiger charge is -2.22. The number of carbonyl (C=O) groups excluding carboxylic acids is 1. The molecule has 0 bridgehead atoms. The van der Waals surface area contributed by atoms with Crippen LogP contribution in [-0.4, -0.2) is 47.6 Å². The molecule has 0 saturated carbocycles. The van der Waals surface area contributed by atoms with Crippen molar-refractivity contribution in [1.29, 1.82) is 0 Å². The van der Waals surface area contributed by atoms with Gasteiger partial charge in [0.25, 0.3) is 0 Å². The van der Waals surface area contributed by atoms with E-state index in [2.05, 4.69) is 17.1 Å². The minimum atomic E-state index is -1.11. The average Bonchev–Trinajstić information content (AvgIpc) is 2.70. The lowest BCUT2D eigenvalue weighted by atomic mass is 10.2. The zero-order valence-corrected chi connectivity index (χ0v) is 9.48. The van der Waals surface area contributed by atoms with Crippen molar-refractivity contribution in [3.8, 4) is 0 Å². The van der Waals surface area contributed by atoms with Crippen LogP contribution in [0, 0.1) is 0 Å². The lowest BCUT2D eigenvalue weighted by Crippen LogP contribution is -2.39. The van der Waals surface area contributed by atoms with Gasteiger partial charge in [-0.3, -0.25) is 9.69 Å². The molecule has 0 aromatic heterocycles. The molecule has 0 aromatic rings. The van der Waals surface area contributed by atoms with E-state index in [1.165, 1.54) is 6.42 Å². The van der Waals surface area contributed by atoms with E-state index in [9.17, 15) is 9.59 Å². The molecule has 1 atom stereocenters. The predicted molar refractivity (Wildman–Crippen MR) is 60.1 cm³/mol. The fourth-order valence-corrected chi connectivity index (χ4v) is 1.97. The molecule has 1 unspecified atom stereocenters. The lowest BCUT2D eigenvalue weighted by molar-refractivity contribution is -0.131. The van der Waals surface area contributed by atoms with Crippen molar-refractivity contribution in [2.45, 2.75) is 25.8 Å². The van der Waals surface area contributed by atoms with E-state index in [1.807, 2.05) is 0 Å². The molecule has 5 heteroatoms. The minimum absolute atomic E-state index is 0.342. The Morgan fingerprint density at radius 2 is 2.25 bits per heavy atom. The van der Waals surface area contributed by atoms with Crippen LogP contribution >= 0.6 is 0 Å². The van der Waals surface area contributed by atoms with E-state index in [0.717, 1.165) is 31.7 Å². The van der Waals surface area contributed by atoms with Crippen molar-refractivity contribution >= 4 is 11.9 Å². The van der Waals surface area contributed by atoms with Crippen LogP contribution in [0.1, 0.15) is 19.8 Å². The predicted octanol–water partition coefficient (Wildman–Crippen LogP) is 0.228. The van der Waals surface area contributed by atoms with Crippen LogP contribution in [0.5, 0.6) is 0 Å². The Balaban J connectivity index is 2.28. The molecule has 0 aromatic carbocycles. The number of amides is 1. The molecule has 0 radical (unpaired) electrons. The first-order valence-electron chi connectivity index (χ1n) is 5.56. The fourth-order valence-electron chi connectivity index (χ4n) is 1.97. The minimum Gasteiger partial charge on any atom is -0.478 e. The Kier molecular flexibility index (Phi) is 4.98. The number of likely N-dealkylation sites (tertiary alicyclic amines) is 1. The van der Waals surface area contributed by atoms with E-state index >= 15 is 0 Å². The molecule has 1 fully saturated rings. The number of hydrogen-bond donors (Lipinski definition) is 2. The van der Waals surface area contributed by atoms with Crippen molar-refractivity contribution in [1.82, 2.24) is 10.2 Å². The maximum Gasteiger partial charge on any atom is 0.328 e. The smallest absolute Gasteiger partial charge is 0.328 e. The number of likely N-dealkylation sites (N-methyl/N-ethyl adjacent to an activating group) is 1. The second kappa shape index (κ2) is 6.27. The van der Waals surface area contributed by atoms with Gasteiger partial charge in [0.05, 0.1) is 0 Å². The molecule has 1 heterocycles. The van der Waals surface area contributed by atoms with Crippen molar-refractivity contribution in [3.05, 3.63) is 12.2 Å². The molecular weight excluding hydrogens is 208 g/mol. The van der Waals surface area contributed by atoms with Gasteiger partial charge in [-0.2, -0.15) is 0 Å². The molecule has 0 spiro atoms. The Morgan fingerprint density at radius 3 is 2.88 bits per heavy atom. The molecule has 1 amide bonds. The summed E-state index contributed by atoms with van der Waals surface area (Å²) >= 11 is 0. The SMILES string of the molecule is CCN1CCCC1CNC(=O)/C=C/C(=O)O. The number of nitrogens with zero attached hydrogens (tertiary/aromatic N) is 1. The van der Waals surface area contributed by atoms with Gasteiger partial charge in [-0.05, 0) is 25.9 Å². The summed E-state index contributed by atoms with van der Waals surface area (Å²) in [4.78, 5) is 23.7. The molecular formula is C11H18N2O3. The van der Waals surface area contributed by atoms with Crippen LogP contribution in [0.4, 0.5) is 0 Å². The number of carboxylic acid groups (broad SMARTS) is 1. The number of nitrogens with one attached hydrogen (secondary N) is 1. The normalized spacial score (nSPS) is 21.4. The van der Waals surface area contributed by atoms with Crippen LogP contribution in [0.2, 0.25) is 0 Å². The Morgan fingerprint density at radius 1 is 1.50 bits per heavy atom. The van der Waals surface area contributed by atoms with Crippen LogP contribution in [-0.2, 0) is 9.59 Å². The van der Waals surface area contributed by atoms with Gasteiger partial charge in [-0.15, -0.1) is 0 Å². The molecule has 90 valence electrons. The third kappa shape index (κ3) is 4.02. The van der Waals surface area contributed by atoms with Crippen LogP contribution in [0.15, 0.2) is 12.2 Å². The van der Waals surface area contributed by atoms with Gasteiger partial charge >= 0.3 is 5.97 Å². The maximum atomic E-state index is 11.2. The third-order valence-electron chi connectivity index (χ3n) is 2.79. The van der Waals surface area contributed by atoms with Crippen molar-refractivity contribution in [2.75, 3.05) is 19.6 Å². The summed E-state index contributed by atoms with van der Waals surface area (Å²) in [6.07, 6.45) is 4.16. The van der Waals surface area contributed by atoms with Crippen LogP contribution < -0.4 is 5.32 Å². The van der Waals surface area contributed by atoms with E-state index in [-0.39, 0.29) is 5.91 Å². The highest BCUT2D eigenvalue weighted by atomic mass is 16.4. The summed E-state index contributed by atoms with van der Waals surface area (Å²) in [6, 6.07) is 0.396. The Hall–Kier alpha value is -1.36.